The first-order chi connectivity index (χ1) is 15.5. The molecule has 0 radical (unpaired) electrons. The maximum absolute atomic E-state index is 13.3. The molecule has 0 fully saturated rings. The van der Waals surface area contributed by atoms with Crippen molar-refractivity contribution < 1.29 is 9.53 Å². The Bertz CT molecular complexity index is 1240. The largest absolute Gasteiger partial charge is 0.462 e. The van der Waals surface area contributed by atoms with Gasteiger partial charge in [-0.15, -0.1) is 34.4 Å². The van der Waals surface area contributed by atoms with Crippen molar-refractivity contribution in [3.63, 3.8) is 0 Å². The van der Waals surface area contributed by atoms with Gasteiger partial charge in [0.15, 0.2) is 0 Å². The maximum atomic E-state index is 13.3. The third-order valence-corrected chi connectivity index (χ3v) is 8.60. The standard InChI is InChI=1S/C23H22BrN3O2S3/c1-3-5-11-31-23-18(25)16-15(13-6-8-14(24)9-7-13)17(22(28)29-4-2)19(27-20(16)32-23)21-26-10-12-30-21/h6-10,12H,3-5,11,25H2,1-2H3. The summed E-state index contributed by atoms with van der Waals surface area (Å²) in [5.41, 5.74) is 9.93. The number of aromatic nitrogens is 2. The second-order valence-corrected chi connectivity index (χ2v) is 11.1. The molecule has 4 aromatic rings. The number of unbranched alkanes of at least 4 members (excludes halogenated alkanes) is 1. The average molecular weight is 549 g/mol. The van der Waals surface area contributed by atoms with Gasteiger partial charge in [-0.2, -0.15) is 0 Å². The predicted molar refractivity (Wildman–Crippen MR) is 140 cm³/mol. The van der Waals surface area contributed by atoms with Crippen molar-refractivity contribution in [1.82, 2.24) is 9.97 Å². The van der Waals surface area contributed by atoms with Gasteiger partial charge in [-0.3, -0.25) is 0 Å². The van der Waals surface area contributed by atoms with Gasteiger partial charge in [-0.05, 0) is 36.8 Å². The number of nitrogens with zero attached hydrogens (tertiary/aromatic N) is 2. The first kappa shape index (κ1) is 23.2. The molecule has 0 saturated heterocycles. The number of ether oxygens (including phenoxy) is 1. The van der Waals surface area contributed by atoms with E-state index in [1.54, 1.807) is 36.2 Å². The quantitative estimate of drug-likeness (QED) is 0.140. The number of nitrogen functional groups attached to an aromatic ring is 1. The molecule has 0 saturated carbocycles. The van der Waals surface area contributed by atoms with Crippen molar-refractivity contribution in [1.29, 1.82) is 0 Å². The van der Waals surface area contributed by atoms with Gasteiger partial charge in [-0.1, -0.05) is 41.4 Å². The van der Waals surface area contributed by atoms with E-state index in [9.17, 15) is 4.79 Å². The predicted octanol–water partition coefficient (Wildman–Crippen LogP) is 7.50. The summed E-state index contributed by atoms with van der Waals surface area (Å²) in [5, 5.41) is 3.37. The van der Waals surface area contributed by atoms with E-state index in [-0.39, 0.29) is 6.61 Å². The Hall–Kier alpha value is -1.94. The molecule has 0 aliphatic rings. The molecular formula is C23H22BrN3O2S3. The van der Waals surface area contributed by atoms with Gasteiger partial charge in [0, 0.05) is 27.0 Å². The first-order valence-electron chi connectivity index (χ1n) is 10.3. The van der Waals surface area contributed by atoms with Crippen LogP contribution in [0.25, 0.3) is 32.0 Å². The molecule has 0 spiro atoms. The number of fused-ring (bicyclic) bond motifs is 1. The number of anilines is 1. The molecular weight excluding hydrogens is 526 g/mol. The Morgan fingerprint density at radius 2 is 2.03 bits per heavy atom. The Balaban J connectivity index is 2.06. The second-order valence-electron chi connectivity index (χ2n) is 6.96. The van der Waals surface area contributed by atoms with Crippen molar-refractivity contribution in [3.8, 4) is 21.8 Å². The fourth-order valence-corrected chi connectivity index (χ4v) is 6.68. The molecule has 4 rings (SSSR count). The lowest BCUT2D eigenvalue weighted by molar-refractivity contribution is 0.0528. The molecule has 0 aliphatic carbocycles. The molecule has 9 heteroatoms. The molecule has 3 heterocycles. The molecule has 1 aromatic carbocycles. The summed E-state index contributed by atoms with van der Waals surface area (Å²) >= 11 is 8.27. The molecule has 0 bridgehead atoms. The number of carbonyl (C=O) groups excluding carboxylic acids is 1. The minimum absolute atomic E-state index is 0.269. The van der Waals surface area contributed by atoms with Crippen LogP contribution >= 0.6 is 50.4 Å². The third-order valence-electron chi connectivity index (χ3n) is 4.82. The van der Waals surface area contributed by atoms with E-state index in [2.05, 4.69) is 27.8 Å². The Morgan fingerprint density at radius 1 is 1.25 bits per heavy atom. The summed E-state index contributed by atoms with van der Waals surface area (Å²) in [6.45, 7) is 4.24. The Kier molecular flexibility index (Phi) is 7.50. The number of rotatable bonds is 8. The summed E-state index contributed by atoms with van der Waals surface area (Å²) in [5.74, 6) is 0.571. The van der Waals surface area contributed by atoms with Gasteiger partial charge >= 0.3 is 5.97 Å². The van der Waals surface area contributed by atoms with E-state index < -0.39 is 5.97 Å². The summed E-state index contributed by atoms with van der Waals surface area (Å²) in [4.78, 5) is 23.4. The van der Waals surface area contributed by atoms with Gasteiger partial charge in [0.2, 0.25) is 0 Å². The highest BCUT2D eigenvalue weighted by Crippen LogP contribution is 2.47. The highest BCUT2D eigenvalue weighted by Gasteiger charge is 2.28. The number of thioether (sulfide) groups is 1. The smallest absolute Gasteiger partial charge is 0.341 e. The second kappa shape index (κ2) is 10.3. The van der Waals surface area contributed by atoms with Crippen LogP contribution in [-0.2, 0) is 4.74 Å². The Labute approximate surface area is 207 Å². The summed E-state index contributed by atoms with van der Waals surface area (Å²) < 4.78 is 7.46. The number of thiophene rings is 1. The van der Waals surface area contributed by atoms with E-state index in [1.807, 2.05) is 29.6 Å². The lowest BCUT2D eigenvalue weighted by Crippen LogP contribution is -2.10. The van der Waals surface area contributed by atoms with Crippen molar-refractivity contribution >= 4 is 72.2 Å². The van der Waals surface area contributed by atoms with Gasteiger partial charge in [-0.25, -0.2) is 14.8 Å². The number of hydrogen-bond acceptors (Lipinski definition) is 8. The molecule has 0 atom stereocenters. The molecule has 3 aromatic heterocycles. The third kappa shape index (κ3) is 4.57. The number of thiazole rings is 1. The minimum Gasteiger partial charge on any atom is -0.462 e. The average Bonchev–Trinajstić information content (AvgIpc) is 3.42. The van der Waals surface area contributed by atoms with Crippen LogP contribution in [0.2, 0.25) is 0 Å². The van der Waals surface area contributed by atoms with Crippen LogP contribution in [0, 0.1) is 0 Å². The van der Waals surface area contributed by atoms with Crippen molar-refractivity contribution in [3.05, 3.63) is 45.9 Å². The van der Waals surface area contributed by atoms with Crippen LogP contribution in [0.3, 0.4) is 0 Å². The van der Waals surface area contributed by atoms with E-state index in [0.717, 1.165) is 48.6 Å². The SMILES string of the molecule is CCCCSc1sc2nc(-c3nccs3)c(C(=O)OCC)c(-c3ccc(Br)cc3)c2c1N. The highest BCUT2D eigenvalue weighted by atomic mass is 79.9. The van der Waals surface area contributed by atoms with Gasteiger partial charge in [0.25, 0.3) is 0 Å². The number of esters is 1. The van der Waals surface area contributed by atoms with Crippen molar-refractivity contribution in [2.45, 2.75) is 30.9 Å². The number of hydrogen-bond donors (Lipinski definition) is 1. The number of pyridine rings is 1. The number of carbonyl (C=O) groups is 1. The van der Waals surface area contributed by atoms with E-state index in [1.165, 1.54) is 11.3 Å². The fraction of sp³-hybridized carbons (Fsp3) is 0.261. The summed E-state index contributed by atoms with van der Waals surface area (Å²) in [7, 11) is 0. The highest BCUT2D eigenvalue weighted by molar-refractivity contribution is 9.10. The maximum Gasteiger partial charge on any atom is 0.341 e. The lowest BCUT2D eigenvalue weighted by atomic mass is 9.95. The van der Waals surface area contributed by atoms with Crippen LogP contribution in [0.5, 0.6) is 0 Å². The molecule has 0 unspecified atom stereocenters. The first-order valence-corrected chi connectivity index (χ1v) is 13.7. The summed E-state index contributed by atoms with van der Waals surface area (Å²) in [6, 6.07) is 7.88. The molecule has 5 nitrogen and oxygen atoms in total. The molecule has 0 aliphatic heterocycles. The van der Waals surface area contributed by atoms with E-state index in [4.69, 9.17) is 15.5 Å². The summed E-state index contributed by atoms with van der Waals surface area (Å²) in [6.07, 6.45) is 3.96. The number of benzene rings is 1. The van der Waals surface area contributed by atoms with Crippen LogP contribution in [0.15, 0.2) is 44.5 Å². The number of nitrogens with two attached hydrogens (primary N) is 1. The zero-order valence-corrected chi connectivity index (χ0v) is 21.7. The van der Waals surface area contributed by atoms with Gasteiger partial charge < -0.3 is 10.5 Å². The van der Waals surface area contributed by atoms with Crippen LogP contribution in [0.4, 0.5) is 5.69 Å². The van der Waals surface area contributed by atoms with Crippen LogP contribution in [-0.4, -0.2) is 28.3 Å². The zero-order chi connectivity index (χ0) is 22.7. The van der Waals surface area contributed by atoms with Crippen molar-refractivity contribution in [2.75, 3.05) is 18.1 Å². The molecule has 2 N–H and O–H groups in total. The molecule has 32 heavy (non-hydrogen) atoms. The molecule has 166 valence electrons. The topological polar surface area (TPSA) is 78.1 Å². The monoisotopic (exact) mass is 547 g/mol. The fourth-order valence-electron chi connectivity index (χ4n) is 3.35. The normalized spacial score (nSPS) is 11.2. The number of halogens is 1. The zero-order valence-electron chi connectivity index (χ0n) is 17.7. The van der Waals surface area contributed by atoms with Crippen LogP contribution in [0.1, 0.15) is 37.0 Å². The van der Waals surface area contributed by atoms with E-state index in [0.29, 0.717) is 22.0 Å². The molecule has 0 amide bonds. The Morgan fingerprint density at radius 3 is 2.69 bits per heavy atom. The van der Waals surface area contributed by atoms with Crippen molar-refractivity contribution in [2.24, 2.45) is 0 Å². The van der Waals surface area contributed by atoms with Crippen LogP contribution < -0.4 is 5.73 Å². The van der Waals surface area contributed by atoms with Gasteiger partial charge in [0.1, 0.15) is 15.5 Å². The minimum atomic E-state index is -0.421. The van der Waals surface area contributed by atoms with Gasteiger partial charge in [0.05, 0.1) is 22.1 Å². The van der Waals surface area contributed by atoms with E-state index >= 15 is 0 Å². The lowest BCUT2D eigenvalue weighted by Gasteiger charge is -2.15.